The summed E-state index contributed by atoms with van der Waals surface area (Å²) in [6, 6.07) is 8.16. The number of nitrogens with zero attached hydrogens (tertiary/aromatic N) is 4. The van der Waals surface area contributed by atoms with Crippen LogP contribution in [0.1, 0.15) is 18.4 Å². The van der Waals surface area contributed by atoms with Crippen molar-refractivity contribution in [3.63, 3.8) is 0 Å². The summed E-state index contributed by atoms with van der Waals surface area (Å²) in [5.41, 5.74) is 1.42. The third-order valence-electron chi connectivity index (χ3n) is 6.13. The number of hydrogen-bond donors (Lipinski definition) is 1. The van der Waals surface area contributed by atoms with Crippen LogP contribution in [-0.4, -0.2) is 93.3 Å². The highest BCUT2D eigenvalue weighted by atomic mass is 127. The van der Waals surface area contributed by atoms with Crippen molar-refractivity contribution >= 4 is 41.5 Å². The van der Waals surface area contributed by atoms with Crippen LogP contribution in [0.2, 0.25) is 5.02 Å². The van der Waals surface area contributed by atoms with E-state index in [-0.39, 0.29) is 29.5 Å². The summed E-state index contributed by atoms with van der Waals surface area (Å²) in [5.74, 6) is 1.01. The van der Waals surface area contributed by atoms with Gasteiger partial charge in [0.2, 0.25) is 0 Å². The van der Waals surface area contributed by atoms with E-state index in [1.165, 1.54) is 5.56 Å². The van der Waals surface area contributed by atoms with E-state index in [1.54, 1.807) is 0 Å². The summed E-state index contributed by atoms with van der Waals surface area (Å²) in [4.78, 5) is 11.8. The standard InChI is InChI=1S/C21H34ClN5O.HI/c1-23-20(24-17-21(25(2)3)7-13-28-14-8-21)27-11-9-26(10-12-27)16-18-5-4-6-19(22)15-18;/h4-6,15H,7-14,16-17H2,1-3H3,(H,23,24);1H. The molecule has 6 nitrogen and oxygen atoms in total. The van der Waals surface area contributed by atoms with E-state index in [4.69, 9.17) is 16.3 Å². The zero-order chi connectivity index (χ0) is 20.0. The van der Waals surface area contributed by atoms with Crippen molar-refractivity contribution in [2.45, 2.75) is 24.9 Å². The van der Waals surface area contributed by atoms with Gasteiger partial charge >= 0.3 is 0 Å². The van der Waals surface area contributed by atoms with Crippen molar-refractivity contribution in [1.29, 1.82) is 0 Å². The van der Waals surface area contributed by atoms with Gasteiger partial charge in [-0.15, -0.1) is 24.0 Å². The molecular formula is C21H35ClIN5O. The highest BCUT2D eigenvalue weighted by Gasteiger charge is 2.35. The van der Waals surface area contributed by atoms with Crippen LogP contribution in [0.5, 0.6) is 0 Å². The first-order valence-electron chi connectivity index (χ1n) is 10.2. The van der Waals surface area contributed by atoms with Gasteiger partial charge in [0, 0.05) is 70.1 Å². The third kappa shape index (κ3) is 6.69. The maximum absolute atomic E-state index is 6.12. The van der Waals surface area contributed by atoms with Crippen molar-refractivity contribution in [3.05, 3.63) is 34.9 Å². The minimum absolute atomic E-state index is 0. The Balaban J connectivity index is 0.00000300. The van der Waals surface area contributed by atoms with Gasteiger partial charge in [0.15, 0.2) is 5.96 Å². The molecule has 2 saturated heterocycles. The molecule has 3 rings (SSSR count). The fraction of sp³-hybridized carbons (Fsp3) is 0.667. The van der Waals surface area contributed by atoms with E-state index in [2.05, 4.69) is 51.2 Å². The van der Waals surface area contributed by atoms with Gasteiger partial charge in [-0.1, -0.05) is 23.7 Å². The molecule has 29 heavy (non-hydrogen) atoms. The van der Waals surface area contributed by atoms with Crippen molar-refractivity contribution in [3.8, 4) is 0 Å². The highest BCUT2D eigenvalue weighted by Crippen LogP contribution is 2.25. The SMILES string of the molecule is CN=C(NCC1(N(C)C)CCOCC1)N1CCN(Cc2cccc(Cl)c2)CC1.I. The molecule has 0 saturated carbocycles. The van der Waals surface area contributed by atoms with Crippen LogP contribution in [0.15, 0.2) is 29.3 Å². The number of likely N-dealkylation sites (N-methyl/N-ethyl adjacent to an activating group) is 1. The van der Waals surface area contributed by atoms with Gasteiger partial charge in [0.05, 0.1) is 0 Å². The second-order valence-corrected chi connectivity index (χ2v) is 8.46. The maximum Gasteiger partial charge on any atom is 0.193 e. The molecule has 0 bridgehead atoms. The first-order valence-corrected chi connectivity index (χ1v) is 10.6. The molecule has 2 fully saturated rings. The van der Waals surface area contributed by atoms with Gasteiger partial charge in [-0.05, 0) is 44.6 Å². The molecule has 2 heterocycles. The zero-order valence-corrected chi connectivity index (χ0v) is 21.0. The molecule has 0 radical (unpaired) electrons. The minimum atomic E-state index is 0. The van der Waals surface area contributed by atoms with E-state index in [1.807, 2.05) is 19.2 Å². The third-order valence-corrected chi connectivity index (χ3v) is 6.36. The second kappa shape index (κ2) is 11.7. The Morgan fingerprint density at radius 3 is 2.48 bits per heavy atom. The number of ether oxygens (including phenoxy) is 1. The van der Waals surface area contributed by atoms with Crippen molar-refractivity contribution in [2.24, 2.45) is 4.99 Å². The number of piperazine rings is 1. The van der Waals surface area contributed by atoms with Crippen LogP contribution < -0.4 is 5.32 Å². The molecule has 8 heteroatoms. The monoisotopic (exact) mass is 535 g/mol. The molecule has 0 spiro atoms. The van der Waals surface area contributed by atoms with Gasteiger partial charge in [0.1, 0.15) is 0 Å². The van der Waals surface area contributed by atoms with E-state index >= 15 is 0 Å². The number of hydrogen-bond acceptors (Lipinski definition) is 4. The Hall–Kier alpha value is -0.610. The second-order valence-electron chi connectivity index (χ2n) is 8.03. The van der Waals surface area contributed by atoms with Crippen LogP contribution in [-0.2, 0) is 11.3 Å². The maximum atomic E-state index is 6.12. The van der Waals surface area contributed by atoms with Crippen LogP contribution in [0.4, 0.5) is 0 Å². The van der Waals surface area contributed by atoms with E-state index < -0.39 is 0 Å². The van der Waals surface area contributed by atoms with Crippen molar-refractivity contribution < 1.29 is 4.74 Å². The van der Waals surface area contributed by atoms with Gasteiger partial charge in [-0.3, -0.25) is 9.89 Å². The summed E-state index contributed by atoms with van der Waals surface area (Å²) in [7, 11) is 6.22. The summed E-state index contributed by atoms with van der Waals surface area (Å²) >= 11 is 6.12. The highest BCUT2D eigenvalue weighted by molar-refractivity contribution is 14.0. The Labute approximate surface area is 197 Å². The molecule has 0 aliphatic carbocycles. The lowest BCUT2D eigenvalue weighted by Crippen LogP contribution is -2.59. The quantitative estimate of drug-likeness (QED) is 0.357. The van der Waals surface area contributed by atoms with Crippen LogP contribution >= 0.6 is 35.6 Å². The molecule has 0 atom stereocenters. The summed E-state index contributed by atoms with van der Waals surface area (Å²) in [6.07, 6.45) is 2.11. The average Bonchev–Trinajstić information content (AvgIpc) is 2.70. The van der Waals surface area contributed by atoms with E-state index in [0.717, 1.165) is 76.3 Å². The molecule has 2 aliphatic rings. The fourth-order valence-corrected chi connectivity index (χ4v) is 4.33. The summed E-state index contributed by atoms with van der Waals surface area (Å²) in [5, 5.41) is 4.45. The van der Waals surface area contributed by atoms with Gasteiger partial charge in [0.25, 0.3) is 0 Å². The Morgan fingerprint density at radius 2 is 1.90 bits per heavy atom. The smallest absolute Gasteiger partial charge is 0.193 e. The first kappa shape index (κ1) is 24.7. The molecule has 0 amide bonds. The van der Waals surface area contributed by atoms with E-state index in [0.29, 0.717) is 0 Å². The predicted octanol–water partition coefficient (Wildman–Crippen LogP) is 2.76. The number of nitrogens with one attached hydrogen (secondary N) is 1. The lowest BCUT2D eigenvalue weighted by Gasteiger charge is -2.44. The minimum Gasteiger partial charge on any atom is -0.381 e. The molecule has 1 N–H and O–H groups in total. The van der Waals surface area contributed by atoms with Crippen LogP contribution in [0, 0.1) is 0 Å². The average molecular weight is 536 g/mol. The lowest BCUT2D eigenvalue weighted by atomic mass is 9.88. The number of aliphatic imine (C=N–C) groups is 1. The number of rotatable bonds is 5. The molecule has 2 aliphatic heterocycles. The van der Waals surface area contributed by atoms with E-state index in [9.17, 15) is 0 Å². The normalized spacial score (nSPS) is 20.4. The van der Waals surface area contributed by atoms with Gasteiger partial charge < -0.3 is 19.9 Å². The molecular weight excluding hydrogens is 501 g/mol. The Kier molecular flexibility index (Phi) is 9.94. The topological polar surface area (TPSA) is 43.3 Å². The summed E-state index contributed by atoms with van der Waals surface area (Å²) < 4.78 is 5.58. The molecule has 0 aromatic heterocycles. The van der Waals surface area contributed by atoms with Crippen LogP contribution in [0.25, 0.3) is 0 Å². The molecule has 0 unspecified atom stereocenters. The van der Waals surface area contributed by atoms with Gasteiger partial charge in [-0.25, -0.2) is 0 Å². The predicted molar refractivity (Wildman–Crippen MR) is 132 cm³/mol. The Bertz CT molecular complexity index is 658. The summed E-state index contributed by atoms with van der Waals surface area (Å²) in [6.45, 7) is 7.54. The number of halogens is 2. The van der Waals surface area contributed by atoms with Crippen LogP contribution in [0.3, 0.4) is 0 Å². The number of guanidine groups is 1. The largest absolute Gasteiger partial charge is 0.381 e. The first-order chi connectivity index (χ1) is 13.5. The van der Waals surface area contributed by atoms with Crippen molar-refractivity contribution in [2.75, 3.05) is 67.1 Å². The number of benzene rings is 1. The molecule has 1 aromatic carbocycles. The Morgan fingerprint density at radius 1 is 1.21 bits per heavy atom. The molecule has 1 aromatic rings. The molecule has 164 valence electrons. The fourth-order valence-electron chi connectivity index (χ4n) is 4.12. The lowest BCUT2D eigenvalue weighted by molar-refractivity contribution is -0.00535. The zero-order valence-electron chi connectivity index (χ0n) is 17.9. The van der Waals surface area contributed by atoms with Crippen molar-refractivity contribution in [1.82, 2.24) is 20.0 Å². The van der Waals surface area contributed by atoms with Gasteiger partial charge in [-0.2, -0.15) is 0 Å².